The summed E-state index contributed by atoms with van der Waals surface area (Å²) >= 11 is 0. The van der Waals surface area contributed by atoms with Gasteiger partial charge in [0.25, 0.3) is 0 Å². The van der Waals surface area contributed by atoms with Crippen LogP contribution in [0.3, 0.4) is 0 Å². The van der Waals surface area contributed by atoms with E-state index in [1.54, 1.807) is 0 Å². The van der Waals surface area contributed by atoms with Gasteiger partial charge in [-0.3, -0.25) is 4.68 Å². The number of nitrogens with one attached hydrogen (secondary N) is 2. The van der Waals surface area contributed by atoms with Crippen molar-refractivity contribution in [3.63, 3.8) is 0 Å². The molecule has 3 aromatic rings. The van der Waals surface area contributed by atoms with E-state index in [1.807, 2.05) is 24.6 Å². The Hall–Kier alpha value is -3.74. The molecule has 0 aromatic carbocycles. The van der Waals surface area contributed by atoms with Crippen LogP contribution in [0.5, 0.6) is 0 Å². The van der Waals surface area contributed by atoms with Crippen molar-refractivity contribution in [1.29, 1.82) is 0 Å². The molecule has 4 rings (SSSR count). The first kappa shape index (κ1) is 30.2. The quantitative estimate of drug-likeness (QED) is 0.242. The van der Waals surface area contributed by atoms with Crippen molar-refractivity contribution in [1.82, 2.24) is 29.6 Å². The maximum Gasteiger partial charge on any atom is 0.433 e. The van der Waals surface area contributed by atoms with E-state index < -0.39 is 23.9 Å². The van der Waals surface area contributed by atoms with E-state index in [0.717, 1.165) is 80.5 Å². The molecule has 0 fully saturated rings. The lowest BCUT2D eigenvalue weighted by Gasteiger charge is -2.25. The molecule has 3 aromatic heterocycles. The SMILES string of the molecule is Cc1cc(C)n(CCN(CCCCc2ccc3c(n2)NCCC3)CC[C@H](Nc2cc(C(F)(F)F)ncn2)C(=O)O)n1. The van der Waals surface area contributed by atoms with E-state index in [1.165, 1.54) is 5.56 Å². The van der Waals surface area contributed by atoms with E-state index in [4.69, 9.17) is 4.98 Å². The number of halogens is 3. The number of pyridine rings is 1. The Balaban J connectivity index is 1.35. The summed E-state index contributed by atoms with van der Waals surface area (Å²) in [5.74, 6) is -0.359. The predicted molar refractivity (Wildman–Crippen MR) is 149 cm³/mol. The molecule has 3 N–H and O–H groups in total. The Kier molecular flexibility index (Phi) is 10.1. The van der Waals surface area contributed by atoms with Crippen molar-refractivity contribution in [3.8, 4) is 0 Å². The smallest absolute Gasteiger partial charge is 0.433 e. The number of carboxylic acids is 1. The van der Waals surface area contributed by atoms with Crippen LogP contribution in [0.2, 0.25) is 0 Å². The molecule has 1 aliphatic heterocycles. The summed E-state index contributed by atoms with van der Waals surface area (Å²) in [6.45, 7) is 7.34. The molecule has 0 unspecified atom stereocenters. The number of rotatable bonds is 14. The number of aryl methyl sites for hydroxylation is 4. The summed E-state index contributed by atoms with van der Waals surface area (Å²) in [6.07, 6.45) is 1.12. The van der Waals surface area contributed by atoms with Crippen molar-refractivity contribution >= 4 is 17.6 Å². The fraction of sp³-hybridized carbons (Fsp3) is 0.536. The van der Waals surface area contributed by atoms with Crippen LogP contribution in [-0.4, -0.2) is 72.9 Å². The number of aromatic nitrogens is 5. The van der Waals surface area contributed by atoms with E-state index in [0.29, 0.717) is 19.6 Å². The lowest BCUT2D eigenvalue weighted by atomic mass is 10.1. The molecule has 0 bridgehead atoms. The van der Waals surface area contributed by atoms with Gasteiger partial charge in [-0.25, -0.2) is 19.7 Å². The van der Waals surface area contributed by atoms with Gasteiger partial charge in [0.15, 0.2) is 0 Å². The zero-order valence-electron chi connectivity index (χ0n) is 23.4. The minimum atomic E-state index is -4.65. The number of aliphatic carboxylic acids is 1. The predicted octanol–water partition coefficient (Wildman–Crippen LogP) is 4.34. The van der Waals surface area contributed by atoms with Gasteiger partial charge in [0, 0.05) is 37.1 Å². The molecule has 0 spiro atoms. The molecular weight excluding hydrogens is 537 g/mol. The molecule has 1 atom stereocenters. The lowest BCUT2D eigenvalue weighted by molar-refractivity contribution is -0.141. The molecule has 4 heterocycles. The Bertz CT molecular complexity index is 1310. The van der Waals surface area contributed by atoms with Gasteiger partial charge in [-0.1, -0.05) is 6.07 Å². The molecule has 0 saturated heterocycles. The van der Waals surface area contributed by atoms with Crippen LogP contribution in [0, 0.1) is 13.8 Å². The van der Waals surface area contributed by atoms with Crippen LogP contribution in [0.1, 0.15) is 54.0 Å². The van der Waals surface area contributed by atoms with Crippen LogP contribution < -0.4 is 10.6 Å². The van der Waals surface area contributed by atoms with Crippen molar-refractivity contribution in [2.24, 2.45) is 0 Å². The number of hydrogen-bond acceptors (Lipinski definition) is 8. The molecule has 41 heavy (non-hydrogen) atoms. The fourth-order valence-corrected chi connectivity index (χ4v) is 4.96. The summed E-state index contributed by atoms with van der Waals surface area (Å²) < 4.78 is 41.1. The summed E-state index contributed by atoms with van der Waals surface area (Å²) in [5, 5.41) is 20.3. The van der Waals surface area contributed by atoms with Crippen molar-refractivity contribution in [3.05, 3.63) is 58.9 Å². The van der Waals surface area contributed by atoms with E-state index in [9.17, 15) is 23.1 Å². The standard InChI is InChI=1S/C28H37F3N8O2/c1-19-16-20(2)39(37-19)15-14-38(12-4-3-7-22-9-8-21-6-5-11-32-26(21)35-22)13-10-23(27(40)41)36-25-17-24(28(29,30)31)33-18-34-25/h8-9,16-18,23H,3-7,10-15H2,1-2H3,(H,32,35)(H,40,41)(H,33,34,36)/t23-/m0/s1. The molecule has 1 aliphatic rings. The fourth-order valence-electron chi connectivity index (χ4n) is 4.96. The van der Waals surface area contributed by atoms with Crippen LogP contribution in [-0.2, 0) is 30.4 Å². The minimum Gasteiger partial charge on any atom is -0.480 e. The van der Waals surface area contributed by atoms with Crippen LogP contribution in [0.25, 0.3) is 0 Å². The Morgan fingerprint density at radius 2 is 2.00 bits per heavy atom. The third-order valence-electron chi connectivity index (χ3n) is 7.15. The van der Waals surface area contributed by atoms with E-state index >= 15 is 0 Å². The lowest BCUT2D eigenvalue weighted by Crippen LogP contribution is -2.37. The van der Waals surface area contributed by atoms with Crippen molar-refractivity contribution in [2.45, 2.75) is 71.1 Å². The maximum absolute atomic E-state index is 13.0. The zero-order valence-corrected chi connectivity index (χ0v) is 23.4. The van der Waals surface area contributed by atoms with Gasteiger partial charge in [-0.2, -0.15) is 18.3 Å². The minimum absolute atomic E-state index is 0.176. The number of carbonyl (C=O) groups is 1. The molecule has 0 saturated carbocycles. The summed E-state index contributed by atoms with van der Waals surface area (Å²) in [6, 6.07) is 5.85. The summed E-state index contributed by atoms with van der Waals surface area (Å²) in [7, 11) is 0. The first-order valence-corrected chi connectivity index (χ1v) is 13.9. The molecule has 222 valence electrons. The van der Waals surface area contributed by atoms with Gasteiger partial charge in [0.05, 0.1) is 12.2 Å². The van der Waals surface area contributed by atoms with Gasteiger partial charge >= 0.3 is 12.1 Å². The molecule has 0 amide bonds. The Labute approximate surface area is 237 Å². The average molecular weight is 575 g/mol. The van der Waals surface area contributed by atoms with E-state index in [-0.39, 0.29) is 12.2 Å². The normalized spacial score (nSPS) is 14.0. The Morgan fingerprint density at radius 1 is 1.17 bits per heavy atom. The molecular formula is C28H37F3N8O2. The number of fused-ring (bicyclic) bond motifs is 1. The summed E-state index contributed by atoms with van der Waals surface area (Å²) in [4.78, 5) is 25.9. The molecule has 0 aliphatic carbocycles. The van der Waals surface area contributed by atoms with E-state index in [2.05, 4.69) is 42.7 Å². The highest BCUT2D eigenvalue weighted by Gasteiger charge is 2.33. The summed E-state index contributed by atoms with van der Waals surface area (Å²) in [5.41, 5.74) is 3.15. The van der Waals surface area contributed by atoms with Crippen LogP contribution >= 0.6 is 0 Å². The first-order chi connectivity index (χ1) is 19.6. The van der Waals surface area contributed by atoms with Gasteiger partial charge in [-0.15, -0.1) is 0 Å². The average Bonchev–Trinajstić information content (AvgIpc) is 3.27. The third-order valence-corrected chi connectivity index (χ3v) is 7.15. The second-order valence-electron chi connectivity index (χ2n) is 10.4. The van der Waals surface area contributed by atoms with Gasteiger partial charge in [0.1, 0.15) is 29.7 Å². The first-order valence-electron chi connectivity index (χ1n) is 13.9. The highest BCUT2D eigenvalue weighted by molar-refractivity contribution is 5.76. The van der Waals surface area contributed by atoms with Gasteiger partial charge in [-0.05, 0) is 76.6 Å². The number of alkyl halides is 3. The molecule has 10 nitrogen and oxygen atoms in total. The number of carboxylic acid groups (broad SMARTS) is 1. The molecule has 0 radical (unpaired) electrons. The number of hydrogen-bond donors (Lipinski definition) is 3. The number of anilines is 2. The number of unbranched alkanes of at least 4 members (excludes halogenated alkanes) is 1. The second-order valence-corrected chi connectivity index (χ2v) is 10.4. The number of nitrogens with zero attached hydrogens (tertiary/aromatic N) is 6. The van der Waals surface area contributed by atoms with Gasteiger partial charge in [0.2, 0.25) is 0 Å². The second kappa shape index (κ2) is 13.7. The topological polar surface area (TPSA) is 121 Å². The maximum atomic E-state index is 13.0. The van der Waals surface area contributed by atoms with Crippen molar-refractivity contribution < 1.29 is 23.1 Å². The molecule has 13 heteroatoms. The van der Waals surface area contributed by atoms with Crippen LogP contribution in [0.15, 0.2) is 30.6 Å². The zero-order chi connectivity index (χ0) is 29.4. The van der Waals surface area contributed by atoms with Gasteiger partial charge < -0.3 is 20.6 Å². The highest BCUT2D eigenvalue weighted by atomic mass is 19.4. The van der Waals surface area contributed by atoms with Crippen molar-refractivity contribution in [2.75, 3.05) is 36.8 Å². The Morgan fingerprint density at radius 3 is 2.73 bits per heavy atom. The highest BCUT2D eigenvalue weighted by Crippen LogP contribution is 2.28. The van der Waals surface area contributed by atoms with Crippen LogP contribution in [0.4, 0.5) is 24.8 Å². The largest absolute Gasteiger partial charge is 0.480 e. The third kappa shape index (κ3) is 8.87. The monoisotopic (exact) mass is 574 g/mol.